The molecule has 0 N–H and O–H groups in total. The Hall–Kier alpha value is -0.700. The molecule has 0 bridgehead atoms. The van der Waals surface area contributed by atoms with Gasteiger partial charge in [0, 0.05) is 6.07 Å². The van der Waals surface area contributed by atoms with Crippen molar-refractivity contribution in [2.75, 3.05) is 0 Å². The molecule has 8 heavy (non-hydrogen) atoms. The molecular weight excluding hydrogens is 124 g/mol. The van der Waals surface area contributed by atoms with E-state index in [1.807, 2.05) is 0 Å². The van der Waals surface area contributed by atoms with Gasteiger partial charge in [0.1, 0.15) is 0 Å². The van der Waals surface area contributed by atoms with E-state index in [1.54, 1.807) is 12.1 Å². The predicted molar refractivity (Wildman–Crippen MR) is 35.4 cm³/mol. The summed E-state index contributed by atoms with van der Waals surface area (Å²) in [4.78, 5) is 10.1. The van der Waals surface area contributed by atoms with Gasteiger partial charge in [0.25, 0.3) is 0 Å². The van der Waals surface area contributed by atoms with Crippen LogP contribution >= 0.6 is 13.5 Å². The lowest BCUT2D eigenvalue weighted by Gasteiger charge is -1.72. The van der Waals surface area contributed by atoms with E-state index in [4.69, 9.17) is 0 Å². The molecule has 0 aromatic carbocycles. The standard InChI is InChI=1S/C5H4O2.H2S/c6-5-3-1-2-4-7-5;/h1-4H;1H2. The summed E-state index contributed by atoms with van der Waals surface area (Å²) in [7, 11) is 0. The average molecular weight is 130 g/mol. The highest BCUT2D eigenvalue weighted by Gasteiger charge is 1.72. The maximum atomic E-state index is 10.1. The van der Waals surface area contributed by atoms with Crippen LogP contribution in [0.15, 0.2) is 33.7 Å². The van der Waals surface area contributed by atoms with Gasteiger partial charge in [0.2, 0.25) is 0 Å². The molecule has 2 nitrogen and oxygen atoms in total. The van der Waals surface area contributed by atoms with E-state index in [-0.39, 0.29) is 19.1 Å². The topological polar surface area (TPSA) is 30.2 Å². The third-order valence-corrected chi connectivity index (χ3v) is 0.606. The fourth-order valence-electron chi connectivity index (χ4n) is 0.325. The highest BCUT2D eigenvalue weighted by Crippen LogP contribution is 1.72. The van der Waals surface area contributed by atoms with Gasteiger partial charge >= 0.3 is 5.63 Å². The van der Waals surface area contributed by atoms with Gasteiger partial charge < -0.3 is 4.42 Å². The number of hydrogen-bond acceptors (Lipinski definition) is 2. The lowest BCUT2D eigenvalue weighted by Crippen LogP contribution is -1.90. The van der Waals surface area contributed by atoms with Crippen LogP contribution in [0.2, 0.25) is 0 Å². The van der Waals surface area contributed by atoms with Crippen molar-refractivity contribution in [3.8, 4) is 0 Å². The summed E-state index contributed by atoms with van der Waals surface area (Å²) in [5.41, 5.74) is -0.303. The molecule has 1 aromatic rings. The molecule has 0 aliphatic rings. The SMILES string of the molecule is O=c1cccco1.S. The molecule has 0 atom stereocenters. The van der Waals surface area contributed by atoms with E-state index < -0.39 is 0 Å². The zero-order valence-electron chi connectivity index (χ0n) is 4.13. The van der Waals surface area contributed by atoms with Crippen molar-refractivity contribution in [3.05, 3.63) is 34.9 Å². The molecular formula is C5H6O2S. The van der Waals surface area contributed by atoms with Crippen molar-refractivity contribution in [1.29, 1.82) is 0 Å². The van der Waals surface area contributed by atoms with Gasteiger partial charge in [-0.15, -0.1) is 0 Å². The molecule has 0 aliphatic carbocycles. The van der Waals surface area contributed by atoms with Crippen LogP contribution in [0.4, 0.5) is 0 Å². The van der Waals surface area contributed by atoms with Crippen molar-refractivity contribution >= 4 is 13.5 Å². The van der Waals surface area contributed by atoms with E-state index in [9.17, 15) is 4.79 Å². The van der Waals surface area contributed by atoms with Gasteiger partial charge in [-0.05, 0) is 6.07 Å². The maximum Gasteiger partial charge on any atom is 0.335 e. The van der Waals surface area contributed by atoms with Crippen LogP contribution in [0.25, 0.3) is 0 Å². The number of rotatable bonds is 0. The molecule has 0 radical (unpaired) electrons. The second kappa shape index (κ2) is 3.32. The molecule has 0 amide bonds. The Bertz CT molecular complexity index is 176. The van der Waals surface area contributed by atoms with E-state index >= 15 is 0 Å². The van der Waals surface area contributed by atoms with Gasteiger partial charge in [-0.25, -0.2) is 4.79 Å². The Kier molecular flexibility index (Phi) is 3.03. The normalized spacial score (nSPS) is 7.50. The van der Waals surface area contributed by atoms with E-state index in [0.29, 0.717) is 0 Å². The molecule has 44 valence electrons. The van der Waals surface area contributed by atoms with Gasteiger partial charge in [-0.2, -0.15) is 13.5 Å². The third kappa shape index (κ3) is 1.84. The number of hydrogen-bond donors (Lipinski definition) is 0. The summed E-state index contributed by atoms with van der Waals surface area (Å²) < 4.78 is 4.37. The van der Waals surface area contributed by atoms with Crippen LogP contribution in [0.3, 0.4) is 0 Å². The van der Waals surface area contributed by atoms with Crippen LogP contribution < -0.4 is 5.63 Å². The van der Waals surface area contributed by atoms with E-state index in [0.717, 1.165) is 0 Å². The lowest BCUT2D eigenvalue weighted by molar-refractivity contribution is 0.511. The van der Waals surface area contributed by atoms with Crippen LogP contribution in [-0.4, -0.2) is 0 Å². The van der Waals surface area contributed by atoms with Gasteiger partial charge in [0.05, 0.1) is 6.26 Å². The highest BCUT2D eigenvalue weighted by atomic mass is 32.1. The average Bonchev–Trinajstić information content (AvgIpc) is 1.69. The summed E-state index contributed by atoms with van der Waals surface area (Å²) in [5, 5.41) is 0. The molecule has 0 fully saturated rings. The Morgan fingerprint density at radius 3 is 2.38 bits per heavy atom. The molecule has 1 rings (SSSR count). The largest absolute Gasteiger partial charge is 0.431 e. The fourth-order valence-corrected chi connectivity index (χ4v) is 0.325. The molecule has 3 heteroatoms. The van der Waals surface area contributed by atoms with E-state index in [2.05, 4.69) is 4.42 Å². The summed E-state index contributed by atoms with van der Waals surface area (Å²) in [6, 6.07) is 4.65. The zero-order valence-corrected chi connectivity index (χ0v) is 5.13. The smallest absolute Gasteiger partial charge is 0.335 e. The lowest BCUT2D eigenvalue weighted by atomic mass is 10.5. The molecule has 0 aliphatic heterocycles. The first-order chi connectivity index (χ1) is 3.39. The third-order valence-electron chi connectivity index (χ3n) is 0.606. The first kappa shape index (κ1) is 7.30. The molecule has 0 spiro atoms. The Balaban J connectivity index is 0.000000490. The second-order valence-electron chi connectivity index (χ2n) is 1.12. The quantitative estimate of drug-likeness (QED) is 0.519. The Labute approximate surface area is 53.6 Å². The molecule has 1 heterocycles. The second-order valence-corrected chi connectivity index (χ2v) is 1.12. The van der Waals surface area contributed by atoms with Crippen molar-refractivity contribution in [2.45, 2.75) is 0 Å². The van der Waals surface area contributed by atoms with Crippen molar-refractivity contribution in [1.82, 2.24) is 0 Å². The van der Waals surface area contributed by atoms with Gasteiger partial charge in [0.15, 0.2) is 0 Å². The molecule has 0 saturated heterocycles. The molecule has 0 saturated carbocycles. The van der Waals surface area contributed by atoms with Gasteiger partial charge in [-0.1, -0.05) is 6.07 Å². The summed E-state index contributed by atoms with van der Waals surface area (Å²) in [6.45, 7) is 0. The molecule has 1 aromatic heterocycles. The van der Waals surface area contributed by atoms with Crippen LogP contribution in [-0.2, 0) is 0 Å². The summed E-state index contributed by atoms with van der Waals surface area (Å²) in [6.07, 6.45) is 1.35. The Morgan fingerprint density at radius 1 is 1.38 bits per heavy atom. The monoisotopic (exact) mass is 130 g/mol. The minimum atomic E-state index is -0.303. The zero-order chi connectivity index (χ0) is 5.11. The minimum Gasteiger partial charge on any atom is -0.431 e. The van der Waals surface area contributed by atoms with Crippen LogP contribution in [0, 0.1) is 0 Å². The van der Waals surface area contributed by atoms with E-state index in [1.165, 1.54) is 12.3 Å². The highest BCUT2D eigenvalue weighted by molar-refractivity contribution is 7.59. The predicted octanol–water partition coefficient (Wildman–Crippen LogP) is 0.753. The van der Waals surface area contributed by atoms with Crippen molar-refractivity contribution in [3.63, 3.8) is 0 Å². The summed E-state index contributed by atoms with van der Waals surface area (Å²) in [5.74, 6) is 0. The van der Waals surface area contributed by atoms with Crippen molar-refractivity contribution in [2.24, 2.45) is 0 Å². The first-order valence-electron chi connectivity index (χ1n) is 1.93. The summed E-state index contributed by atoms with van der Waals surface area (Å²) >= 11 is 0. The minimum absolute atomic E-state index is 0. The van der Waals surface area contributed by atoms with Crippen LogP contribution in [0.5, 0.6) is 0 Å². The first-order valence-corrected chi connectivity index (χ1v) is 1.93. The maximum absolute atomic E-state index is 10.1. The van der Waals surface area contributed by atoms with Crippen LogP contribution in [0.1, 0.15) is 0 Å². The van der Waals surface area contributed by atoms with Gasteiger partial charge in [-0.3, -0.25) is 0 Å². The fraction of sp³-hybridized carbons (Fsp3) is 0. The molecule has 0 unspecified atom stereocenters. The Morgan fingerprint density at radius 2 is 2.12 bits per heavy atom. The van der Waals surface area contributed by atoms with Crippen molar-refractivity contribution < 1.29 is 4.42 Å².